The second-order valence-electron chi connectivity index (χ2n) is 8.23. The van der Waals surface area contributed by atoms with Crippen LogP contribution in [0.15, 0.2) is 24.3 Å². The lowest BCUT2D eigenvalue weighted by Gasteiger charge is -2.28. The zero-order valence-electron chi connectivity index (χ0n) is 15.5. The summed E-state index contributed by atoms with van der Waals surface area (Å²) in [5.41, 5.74) is -0.322. The van der Waals surface area contributed by atoms with E-state index in [1.807, 2.05) is 19.9 Å². The Morgan fingerprint density at radius 3 is 2.52 bits per heavy atom. The van der Waals surface area contributed by atoms with Gasteiger partial charge in [0.05, 0.1) is 5.54 Å². The maximum absolute atomic E-state index is 13.3. The molecule has 1 saturated carbocycles. The predicted octanol–water partition coefficient (Wildman–Crippen LogP) is 3.35. The Hall–Kier alpha value is -2.11. The van der Waals surface area contributed by atoms with Gasteiger partial charge in [-0.15, -0.1) is 0 Å². The normalized spacial score (nSPS) is 19.9. The molecular formula is C19H27FN2O3. The number of benzene rings is 1. The van der Waals surface area contributed by atoms with Gasteiger partial charge >= 0.3 is 6.09 Å². The fraction of sp³-hybridized carbons (Fsp3) is 0.579. The minimum atomic E-state index is -0.608. The van der Waals surface area contributed by atoms with Crippen LogP contribution in [0, 0.1) is 11.7 Å². The van der Waals surface area contributed by atoms with Gasteiger partial charge in [-0.25, -0.2) is 9.18 Å². The molecule has 1 aliphatic rings. The Bertz CT molecular complexity index is 652. The van der Waals surface area contributed by atoms with Crippen LogP contribution in [-0.4, -0.2) is 29.7 Å². The Labute approximate surface area is 148 Å². The van der Waals surface area contributed by atoms with Crippen LogP contribution < -0.4 is 10.6 Å². The highest BCUT2D eigenvalue weighted by Gasteiger charge is 2.45. The van der Waals surface area contributed by atoms with Crippen molar-refractivity contribution in [3.05, 3.63) is 35.6 Å². The van der Waals surface area contributed by atoms with E-state index >= 15 is 0 Å². The van der Waals surface area contributed by atoms with E-state index in [9.17, 15) is 14.0 Å². The zero-order valence-corrected chi connectivity index (χ0v) is 15.5. The van der Waals surface area contributed by atoms with Crippen molar-refractivity contribution in [3.8, 4) is 0 Å². The molecule has 25 heavy (non-hydrogen) atoms. The third-order valence-electron chi connectivity index (χ3n) is 3.94. The van der Waals surface area contributed by atoms with E-state index in [1.54, 1.807) is 26.8 Å². The number of carbonyl (C=O) groups excluding carboxylic acids is 2. The van der Waals surface area contributed by atoms with Crippen LogP contribution in [0.4, 0.5) is 9.18 Å². The predicted molar refractivity (Wildman–Crippen MR) is 93.7 cm³/mol. The Morgan fingerprint density at radius 1 is 1.24 bits per heavy atom. The van der Waals surface area contributed by atoms with E-state index in [2.05, 4.69) is 10.6 Å². The molecule has 0 radical (unpaired) electrons. The maximum atomic E-state index is 13.3. The lowest BCUT2D eigenvalue weighted by molar-refractivity contribution is -0.124. The summed E-state index contributed by atoms with van der Waals surface area (Å²) in [6, 6.07) is 6.38. The summed E-state index contributed by atoms with van der Waals surface area (Å²) in [7, 11) is 0. The van der Waals surface area contributed by atoms with Crippen LogP contribution in [0.1, 0.15) is 52.5 Å². The molecule has 6 heteroatoms. The first-order chi connectivity index (χ1) is 11.5. The number of rotatable bonds is 5. The van der Waals surface area contributed by atoms with E-state index in [0.717, 1.165) is 5.56 Å². The van der Waals surface area contributed by atoms with Gasteiger partial charge in [-0.3, -0.25) is 4.79 Å². The van der Waals surface area contributed by atoms with Crippen molar-refractivity contribution in [2.45, 2.75) is 58.1 Å². The molecule has 2 atom stereocenters. The molecule has 0 saturated heterocycles. The molecule has 2 unspecified atom stereocenters. The quantitative estimate of drug-likeness (QED) is 0.856. The summed E-state index contributed by atoms with van der Waals surface area (Å²) in [5.74, 6) is -0.455. The second-order valence-corrected chi connectivity index (χ2v) is 8.23. The third kappa shape index (κ3) is 6.03. The van der Waals surface area contributed by atoms with Crippen LogP contribution in [-0.2, 0) is 9.53 Å². The SMILES string of the molecule is CC(C)(CNC(=O)OC(C)(C)C)NC(=O)C1CC1c1cccc(F)c1. The van der Waals surface area contributed by atoms with Gasteiger partial charge in [0.2, 0.25) is 5.91 Å². The summed E-state index contributed by atoms with van der Waals surface area (Å²) in [5, 5.41) is 5.62. The van der Waals surface area contributed by atoms with Crippen molar-refractivity contribution in [1.82, 2.24) is 10.6 Å². The molecule has 2 rings (SSSR count). The molecule has 0 spiro atoms. The van der Waals surface area contributed by atoms with Crippen LogP contribution in [0.3, 0.4) is 0 Å². The van der Waals surface area contributed by atoms with E-state index in [4.69, 9.17) is 4.74 Å². The van der Waals surface area contributed by atoms with E-state index < -0.39 is 17.2 Å². The van der Waals surface area contributed by atoms with Crippen molar-refractivity contribution in [3.63, 3.8) is 0 Å². The summed E-state index contributed by atoms with van der Waals surface area (Å²) in [6.07, 6.45) is 0.198. The van der Waals surface area contributed by atoms with Gasteiger partial charge in [-0.1, -0.05) is 12.1 Å². The maximum Gasteiger partial charge on any atom is 0.407 e. The molecule has 0 aromatic heterocycles. The molecule has 1 fully saturated rings. The summed E-state index contributed by atoms with van der Waals surface area (Å²) in [6.45, 7) is 9.30. The van der Waals surface area contributed by atoms with Crippen LogP contribution in [0.25, 0.3) is 0 Å². The van der Waals surface area contributed by atoms with Crippen molar-refractivity contribution in [2.75, 3.05) is 6.54 Å². The molecule has 5 nitrogen and oxygen atoms in total. The number of nitrogens with one attached hydrogen (secondary N) is 2. The topological polar surface area (TPSA) is 67.4 Å². The highest BCUT2D eigenvalue weighted by Crippen LogP contribution is 2.47. The first kappa shape index (κ1) is 19.2. The number of ether oxygens (including phenoxy) is 1. The van der Waals surface area contributed by atoms with Crippen molar-refractivity contribution >= 4 is 12.0 Å². The van der Waals surface area contributed by atoms with Crippen LogP contribution in [0.5, 0.6) is 0 Å². The minimum absolute atomic E-state index is 0.0605. The monoisotopic (exact) mass is 350 g/mol. The fourth-order valence-electron chi connectivity index (χ4n) is 2.67. The summed E-state index contributed by atoms with van der Waals surface area (Å²) in [4.78, 5) is 24.1. The Kier molecular flexibility index (Phi) is 5.40. The number of carbonyl (C=O) groups is 2. The smallest absolute Gasteiger partial charge is 0.407 e. The molecular weight excluding hydrogens is 323 g/mol. The molecule has 1 aromatic carbocycles. The molecule has 1 aliphatic carbocycles. The average Bonchev–Trinajstić information content (AvgIpc) is 3.23. The molecule has 0 bridgehead atoms. The lowest BCUT2D eigenvalue weighted by atomic mass is 10.0. The molecule has 0 aliphatic heterocycles. The van der Waals surface area contributed by atoms with E-state index in [0.29, 0.717) is 6.42 Å². The Morgan fingerprint density at radius 2 is 1.92 bits per heavy atom. The summed E-state index contributed by atoms with van der Waals surface area (Å²) >= 11 is 0. The van der Waals surface area contributed by atoms with Gasteiger partial charge in [0, 0.05) is 12.5 Å². The van der Waals surface area contributed by atoms with Gasteiger partial charge < -0.3 is 15.4 Å². The fourth-order valence-corrected chi connectivity index (χ4v) is 2.67. The largest absolute Gasteiger partial charge is 0.444 e. The molecule has 0 heterocycles. The number of alkyl carbamates (subject to hydrolysis) is 1. The number of halogens is 1. The number of amides is 2. The van der Waals surface area contributed by atoms with Gasteiger partial charge in [0.1, 0.15) is 11.4 Å². The summed E-state index contributed by atoms with van der Waals surface area (Å²) < 4.78 is 18.5. The minimum Gasteiger partial charge on any atom is -0.444 e. The van der Waals surface area contributed by atoms with Crippen molar-refractivity contribution in [1.29, 1.82) is 0 Å². The van der Waals surface area contributed by atoms with Gasteiger partial charge in [-0.2, -0.15) is 0 Å². The standard InChI is InChI=1S/C19H27FN2O3/c1-18(2,3)25-17(24)21-11-19(4,5)22-16(23)15-10-14(15)12-7-6-8-13(20)9-12/h6-9,14-15H,10-11H2,1-5H3,(H,21,24)(H,22,23). The molecule has 1 aromatic rings. The van der Waals surface area contributed by atoms with Crippen LogP contribution in [0.2, 0.25) is 0 Å². The van der Waals surface area contributed by atoms with E-state index in [1.165, 1.54) is 12.1 Å². The van der Waals surface area contributed by atoms with Crippen molar-refractivity contribution in [2.24, 2.45) is 5.92 Å². The van der Waals surface area contributed by atoms with Crippen molar-refractivity contribution < 1.29 is 18.7 Å². The van der Waals surface area contributed by atoms with Gasteiger partial charge in [0.15, 0.2) is 0 Å². The second kappa shape index (κ2) is 7.02. The molecule has 2 amide bonds. The number of hydrogen-bond acceptors (Lipinski definition) is 3. The Balaban J connectivity index is 1.82. The zero-order chi connectivity index (χ0) is 18.8. The average molecular weight is 350 g/mol. The molecule has 2 N–H and O–H groups in total. The van der Waals surface area contributed by atoms with E-state index in [-0.39, 0.29) is 30.1 Å². The highest BCUT2D eigenvalue weighted by atomic mass is 19.1. The number of hydrogen-bond donors (Lipinski definition) is 2. The molecule has 138 valence electrons. The van der Waals surface area contributed by atoms with Gasteiger partial charge in [-0.05, 0) is 64.7 Å². The first-order valence-electron chi connectivity index (χ1n) is 8.51. The van der Waals surface area contributed by atoms with Gasteiger partial charge in [0.25, 0.3) is 0 Å². The van der Waals surface area contributed by atoms with Crippen LogP contribution >= 0.6 is 0 Å². The lowest BCUT2D eigenvalue weighted by Crippen LogP contribution is -2.52. The highest BCUT2D eigenvalue weighted by molar-refractivity contribution is 5.83. The third-order valence-corrected chi connectivity index (χ3v) is 3.94. The first-order valence-corrected chi connectivity index (χ1v) is 8.51.